The highest BCUT2D eigenvalue weighted by molar-refractivity contribution is 7.89. The van der Waals surface area contributed by atoms with Crippen LogP contribution in [-0.4, -0.2) is 43.4 Å². The molecule has 0 aromatic heterocycles. The third-order valence-electron chi connectivity index (χ3n) is 6.86. The number of hydrogen-bond acceptors (Lipinski definition) is 5. The first-order valence-corrected chi connectivity index (χ1v) is 14.7. The van der Waals surface area contributed by atoms with Gasteiger partial charge in [0.2, 0.25) is 15.9 Å². The van der Waals surface area contributed by atoms with Crippen molar-refractivity contribution in [2.24, 2.45) is 0 Å². The van der Waals surface area contributed by atoms with Gasteiger partial charge < -0.3 is 15.4 Å². The Morgan fingerprint density at radius 2 is 1.87 bits per heavy atom. The Morgan fingerprint density at radius 3 is 2.56 bits per heavy atom. The lowest BCUT2D eigenvalue weighted by Gasteiger charge is -2.29. The molecular formula is C27H33ClF3N3O4S. The quantitative estimate of drug-likeness (QED) is 0.451. The summed E-state index contributed by atoms with van der Waals surface area (Å²) in [6.07, 6.45) is -3.37. The van der Waals surface area contributed by atoms with Crippen molar-refractivity contribution >= 4 is 27.5 Å². The fourth-order valence-electron chi connectivity index (χ4n) is 4.86. The summed E-state index contributed by atoms with van der Waals surface area (Å²) >= 11 is 6.02. The second-order valence-corrected chi connectivity index (χ2v) is 13.3. The number of sulfonamides is 1. The molecule has 214 valence electrons. The molecule has 1 saturated heterocycles. The number of carbonyl (C=O) groups is 1. The van der Waals surface area contributed by atoms with Gasteiger partial charge in [-0.1, -0.05) is 23.7 Å². The molecule has 12 heteroatoms. The largest absolute Gasteiger partial charge is 0.493 e. The molecule has 0 bridgehead atoms. The van der Waals surface area contributed by atoms with Crippen molar-refractivity contribution in [3.05, 3.63) is 58.1 Å². The maximum absolute atomic E-state index is 13.3. The molecular weight excluding hydrogens is 555 g/mol. The Kier molecular flexibility index (Phi) is 8.56. The van der Waals surface area contributed by atoms with Crippen molar-refractivity contribution in [3.63, 3.8) is 0 Å². The second-order valence-electron chi connectivity index (χ2n) is 11.0. The van der Waals surface area contributed by atoms with E-state index in [-0.39, 0.29) is 35.5 Å². The minimum absolute atomic E-state index is 0.0403. The number of rotatable bonds is 7. The van der Waals surface area contributed by atoms with E-state index in [2.05, 4.69) is 31.4 Å². The summed E-state index contributed by atoms with van der Waals surface area (Å²) in [4.78, 5) is 12.5. The molecule has 0 spiro atoms. The average Bonchev–Trinajstić information content (AvgIpc) is 3.30. The zero-order valence-electron chi connectivity index (χ0n) is 22.1. The molecule has 2 aromatic rings. The summed E-state index contributed by atoms with van der Waals surface area (Å²) in [5.41, 5.74) is 0.757. The van der Waals surface area contributed by atoms with Gasteiger partial charge in [0, 0.05) is 43.1 Å². The number of ether oxygens (including phenoxy) is 1. The number of nitrogens with zero attached hydrogens (tertiary/aromatic N) is 1. The first-order valence-electron chi connectivity index (χ1n) is 12.8. The molecule has 4 rings (SSSR count). The number of hydrogen-bond donors (Lipinski definition) is 2. The Hall–Kier alpha value is -2.34. The Morgan fingerprint density at radius 1 is 1.13 bits per heavy atom. The second kappa shape index (κ2) is 11.3. The highest BCUT2D eigenvalue weighted by Crippen LogP contribution is 2.37. The van der Waals surface area contributed by atoms with Gasteiger partial charge >= 0.3 is 6.18 Å². The standard InChI is InChI=1S/C27H33ClF3N3O4S/c1-26(2,3)32-16-17-6-8-20-22(10-12-38-23(20)13-17)33-25(35)15-19-5-4-11-34(19)39(36,37)24-14-18(27(29,30)31)7-9-21(24)28/h6-9,13-14,19,22,32H,4-5,10-12,15-16H2,1-3H3,(H,33,35). The molecule has 2 unspecified atom stereocenters. The van der Waals surface area contributed by atoms with Gasteiger partial charge in [-0.05, 0) is 63.4 Å². The van der Waals surface area contributed by atoms with Crippen molar-refractivity contribution in [3.8, 4) is 5.75 Å². The summed E-state index contributed by atoms with van der Waals surface area (Å²) in [6.45, 7) is 7.43. The Balaban J connectivity index is 1.46. The minimum Gasteiger partial charge on any atom is -0.493 e. The molecule has 0 radical (unpaired) electrons. The lowest BCUT2D eigenvalue weighted by molar-refractivity contribution is -0.137. The molecule has 39 heavy (non-hydrogen) atoms. The molecule has 2 N–H and O–H groups in total. The van der Waals surface area contributed by atoms with E-state index >= 15 is 0 Å². The number of halogens is 4. The third kappa shape index (κ3) is 7.06. The lowest BCUT2D eigenvalue weighted by Crippen LogP contribution is -2.40. The fourth-order valence-corrected chi connectivity index (χ4v) is 7.06. The van der Waals surface area contributed by atoms with Crippen LogP contribution >= 0.6 is 11.6 Å². The summed E-state index contributed by atoms with van der Waals surface area (Å²) in [6, 6.07) is 7.11. The van der Waals surface area contributed by atoms with Gasteiger partial charge in [-0.15, -0.1) is 0 Å². The molecule has 2 aromatic carbocycles. The van der Waals surface area contributed by atoms with Crippen LogP contribution in [0.5, 0.6) is 5.75 Å². The molecule has 1 fully saturated rings. The van der Waals surface area contributed by atoms with Crippen LogP contribution in [0.4, 0.5) is 13.2 Å². The number of nitrogens with one attached hydrogen (secondary N) is 2. The van der Waals surface area contributed by atoms with Gasteiger partial charge in [-0.3, -0.25) is 4.79 Å². The van der Waals surface area contributed by atoms with Crippen molar-refractivity contribution in [1.29, 1.82) is 0 Å². The number of benzene rings is 2. The maximum Gasteiger partial charge on any atom is 0.416 e. The van der Waals surface area contributed by atoms with E-state index in [1.165, 1.54) is 0 Å². The van der Waals surface area contributed by atoms with Gasteiger partial charge in [0.05, 0.1) is 23.2 Å². The lowest BCUT2D eigenvalue weighted by atomic mass is 9.98. The van der Waals surface area contributed by atoms with Crippen LogP contribution in [0.2, 0.25) is 5.02 Å². The molecule has 2 heterocycles. The number of carbonyl (C=O) groups excluding carboxylic acids is 1. The molecule has 7 nitrogen and oxygen atoms in total. The SMILES string of the molecule is CC(C)(C)NCc1ccc2c(c1)OCCC2NC(=O)CC1CCCN1S(=O)(=O)c1cc(C(F)(F)F)ccc1Cl. The number of alkyl halides is 3. The fraction of sp³-hybridized carbons (Fsp3) is 0.519. The molecule has 0 aliphatic carbocycles. The van der Waals surface area contributed by atoms with Crippen molar-refractivity contribution < 1.29 is 31.1 Å². The normalized spacial score (nSPS) is 20.4. The Labute approximate surface area is 232 Å². The molecule has 0 saturated carbocycles. The third-order valence-corrected chi connectivity index (χ3v) is 9.30. The number of fused-ring (bicyclic) bond motifs is 1. The van der Waals surface area contributed by atoms with Gasteiger partial charge in [0.1, 0.15) is 10.6 Å². The summed E-state index contributed by atoms with van der Waals surface area (Å²) in [7, 11) is -4.35. The van der Waals surface area contributed by atoms with Crippen LogP contribution in [-0.2, 0) is 27.5 Å². The predicted octanol–water partition coefficient (Wildman–Crippen LogP) is 5.43. The molecule has 1 amide bonds. The van der Waals surface area contributed by atoms with E-state index in [9.17, 15) is 26.4 Å². The molecule has 2 atom stereocenters. The van der Waals surface area contributed by atoms with Crippen molar-refractivity contribution in [1.82, 2.24) is 14.9 Å². The summed E-state index contributed by atoms with van der Waals surface area (Å²) < 4.78 is 73.3. The Bertz CT molecular complexity index is 1330. The van der Waals surface area contributed by atoms with Crippen LogP contribution < -0.4 is 15.4 Å². The van der Waals surface area contributed by atoms with Crippen LogP contribution in [0.15, 0.2) is 41.3 Å². The van der Waals surface area contributed by atoms with Gasteiger partial charge in [-0.2, -0.15) is 17.5 Å². The predicted molar refractivity (Wildman–Crippen MR) is 142 cm³/mol. The van der Waals surface area contributed by atoms with Gasteiger partial charge in [-0.25, -0.2) is 8.42 Å². The van der Waals surface area contributed by atoms with Crippen LogP contribution in [0.3, 0.4) is 0 Å². The average molecular weight is 588 g/mol. The first-order chi connectivity index (χ1) is 18.1. The van der Waals surface area contributed by atoms with Crippen LogP contribution in [0, 0.1) is 0 Å². The first kappa shape index (κ1) is 29.6. The van der Waals surface area contributed by atoms with Crippen LogP contribution in [0.1, 0.15) is 69.2 Å². The zero-order chi connectivity index (χ0) is 28.6. The monoisotopic (exact) mass is 587 g/mol. The summed E-state index contributed by atoms with van der Waals surface area (Å²) in [5, 5.41) is 6.13. The number of amides is 1. The highest BCUT2D eigenvalue weighted by atomic mass is 35.5. The summed E-state index contributed by atoms with van der Waals surface area (Å²) in [5.74, 6) is 0.359. The van der Waals surface area contributed by atoms with Gasteiger partial charge in [0.15, 0.2) is 0 Å². The van der Waals surface area contributed by atoms with E-state index in [4.69, 9.17) is 16.3 Å². The molecule has 2 aliphatic rings. The van der Waals surface area contributed by atoms with E-state index in [0.29, 0.717) is 44.2 Å². The van der Waals surface area contributed by atoms with E-state index in [1.807, 2.05) is 18.2 Å². The van der Waals surface area contributed by atoms with E-state index < -0.39 is 32.7 Å². The minimum atomic E-state index is -4.72. The van der Waals surface area contributed by atoms with E-state index in [0.717, 1.165) is 27.6 Å². The van der Waals surface area contributed by atoms with Crippen molar-refractivity contribution in [2.45, 2.75) is 81.7 Å². The zero-order valence-corrected chi connectivity index (χ0v) is 23.6. The topological polar surface area (TPSA) is 87.7 Å². The van der Waals surface area contributed by atoms with Crippen molar-refractivity contribution in [2.75, 3.05) is 13.2 Å². The molecule has 2 aliphatic heterocycles. The van der Waals surface area contributed by atoms with E-state index in [1.54, 1.807) is 0 Å². The van der Waals surface area contributed by atoms with Gasteiger partial charge in [0.25, 0.3) is 0 Å². The highest BCUT2D eigenvalue weighted by Gasteiger charge is 2.39. The smallest absolute Gasteiger partial charge is 0.416 e. The van der Waals surface area contributed by atoms with Crippen LogP contribution in [0.25, 0.3) is 0 Å². The maximum atomic E-state index is 13.3.